The summed E-state index contributed by atoms with van der Waals surface area (Å²) < 4.78 is 7.07. The van der Waals surface area contributed by atoms with Gasteiger partial charge in [0.1, 0.15) is 11.4 Å². The normalized spacial score (nSPS) is 17.9. The Morgan fingerprint density at radius 3 is 2.72 bits per heavy atom. The Balaban J connectivity index is 1.57. The van der Waals surface area contributed by atoms with Gasteiger partial charge in [-0.3, -0.25) is 14.7 Å². The Morgan fingerprint density at radius 1 is 1.25 bits per heavy atom. The third-order valence-corrected chi connectivity index (χ3v) is 6.67. The largest absolute Gasteiger partial charge is 0.495 e. The first-order valence-electron chi connectivity index (χ1n) is 10.4. The number of aromatic nitrogens is 3. The number of benzene rings is 1. The second kappa shape index (κ2) is 9.48. The number of nitrogens with zero attached hydrogens (tertiary/aromatic N) is 5. The van der Waals surface area contributed by atoms with E-state index in [0.717, 1.165) is 36.3 Å². The minimum Gasteiger partial charge on any atom is -0.495 e. The van der Waals surface area contributed by atoms with Gasteiger partial charge in [-0.25, -0.2) is 4.68 Å². The van der Waals surface area contributed by atoms with Crippen molar-refractivity contribution < 1.29 is 9.53 Å². The smallest absolute Gasteiger partial charge is 0.161 e. The number of pyridine rings is 1. The summed E-state index contributed by atoms with van der Waals surface area (Å²) in [5.41, 5.74) is 3.24. The van der Waals surface area contributed by atoms with E-state index < -0.39 is 6.17 Å². The highest BCUT2D eigenvalue weighted by atomic mass is 35.5. The van der Waals surface area contributed by atoms with Crippen LogP contribution < -0.4 is 9.64 Å². The van der Waals surface area contributed by atoms with Crippen LogP contribution in [-0.4, -0.2) is 58.7 Å². The Kier molecular flexibility index (Phi) is 6.69. The van der Waals surface area contributed by atoms with Gasteiger partial charge in [0.15, 0.2) is 12.5 Å². The summed E-state index contributed by atoms with van der Waals surface area (Å²) in [4.78, 5) is 20.8. The number of anilines is 1. The van der Waals surface area contributed by atoms with E-state index in [1.54, 1.807) is 24.2 Å². The van der Waals surface area contributed by atoms with Gasteiger partial charge in [-0.05, 0) is 38.1 Å². The van der Waals surface area contributed by atoms with Crippen molar-refractivity contribution in [2.75, 3.05) is 31.6 Å². The zero-order valence-corrected chi connectivity index (χ0v) is 19.7. The maximum Gasteiger partial charge on any atom is 0.161 e. The molecule has 1 aromatic carbocycles. The van der Waals surface area contributed by atoms with E-state index >= 15 is 0 Å². The van der Waals surface area contributed by atoms with E-state index in [0.29, 0.717) is 28.0 Å². The highest BCUT2D eigenvalue weighted by molar-refractivity contribution is 6.33. The molecule has 2 atom stereocenters. The number of methoxy groups -OCH3 is 1. The molecule has 7 nitrogen and oxygen atoms in total. The number of piperazine rings is 1. The summed E-state index contributed by atoms with van der Waals surface area (Å²) in [6.45, 7) is 6.18. The van der Waals surface area contributed by atoms with Crippen molar-refractivity contribution in [3.05, 3.63) is 58.5 Å². The van der Waals surface area contributed by atoms with Crippen LogP contribution in [0.25, 0.3) is 11.3 Å². The van der Waals surface area contributed by atoms with Crippen LogP contribution in [0, 0.1) is 6.92 Å². The number of hydrogen-bond donors (Lipinski definition) is 0. The van der Waals surface area contributed by atoms with E-state index in [-0.39, 0.29) is 6.04 Å². The summed E-state index contributed by atoms with van der Waals surface area (Å²) in [5.74, 6) is 0.648. The van der Waals surface area contributed by atoms with Gasteiger partial charge in [0.05, 0.1) is 22.8 Å². The topological polar surface area (TPSA) is 63.5 Å². The summed E-state index contributed by atoms with van der Waals surface area (Å²) in [5, 5.41) is 5.81. The minimum atomic E-state index is -0.546. The van der Waals surface area contributed by atoms with Crippen LogP contribution in [0.2, 0.25) is 10.0 Å². The molecule has 1 unspecified atom stereocenters. The van der Waals surface area contributed by atoms with E-state index in [2.05, 4.69) is 21.7 Å². The van der Waals surface area contributed by atoms with Crippen molar-refractivity contribution in [1.82, 2.24) is 19.7 Å². The molecular formula is C23H25Cl2N5O2. The molecule has 3 heterocycles. The number of halogens is 2. The van der Waals surface area contributed by atoms with Crippen LogP contribution in [0.4, 0.5) is 5.69 Å². The van der Waals surface area contributed by atoms with Crippen LogP contribution in [-0.2, 0) is 4.79 Å². The van der Waals surface area contributed by atoms with Gasteiger partial charge in [0.25, 0.3) is 0 Å². The number of aldehydes is 1. The molecule has 1 saturated heterocycles. The SMILES string of the molecule is COc1cc(N2CCN(C(C=O)n3nc(-c4cccnc4)c(Cl)c3C)[C@@H](C)C2)ccc1Cl. The van der Waals surface area contributed by atoms with E-state index in [1.807, 2.05) is 37.3 Å². The van der Waals surface area contributed by atoms with Crippen LogP contribution in [0.3, 0.4) is 0 Å². The minimum absolute atomic E-state index is 0.102. The molecule has 0 aliphatic carbocycles. The maximum atomic E-state index is 12.2. The molecule has 32 heavy (non-hydrogen) atoms. The van der Waals surface area contributed by atoms with E-state index in [1.165, 1.54) is 0 Å². The second-order valence-corrected chi connectivity index (χ2v) is 8.62. The van der Waals surface area contributed by atoms with Gasteiger partial charge in [-0.15, -0.1) is 0 Å². The van der Waals surface area contributed by atoms with E-state index in [9.17, 15) is 4.79 Å². The van der Waals surface area contributed by atoms with Crippen molar-refractivity contribution >= 4 is 35.2 Å². The molecular weight excluding hydrogens is 449 g/mol. The van der Waals surface area contributed by atoms with E-state index in [4.69, 9.17) is 33.0 Å². The zero-order valence-electron chi connectivity index (χ0n) is 18.2. The summed E-state index contributed by atoms with van der Waals surface area (Å²) in [6.07, 6.45) is 3.80. The fourth-order valence-electron chi connectivity index (χ4n) is 4.16. The molecule has 4 rings (SSSR count). The van der Waals surface area contributed by atoms with Gasteiger partial charge in [-0.2, -0.15) is 5.10 Å². The fraction of sp³-hybridized carbons (Fsp3) is 0.348. The quantitative estimate of drug-likeness (QED) is 0.491. The van der Waals surface area contributed by atoms with Crippen LogP contribution >= 0.6 is 23.2 Å². The lowest BCUT2D eigenvalue weighted by Crippen LogP contribution is -2.54. The predicted molar refractivity (Wildman–Crippen MR) is 127 cm³/mol. The molecule has 0 N–H and O–H groups in total. The Labute approximate surface area is 197 Å². The van der Waals surface area contributed by atoms with Crippen LogP contribution in [0.15, 0.2) is 42.7 Å². The molecule has 3 aromatic rings. The molecule has 0 amide bonds. The first-order valence-corrected chi connectivity index (χ1v) is 11.1. The van der Waals surface area contributed by atoms with Crippen molar-refractivity contribution in [2.45, 2.75) is 26.1 Å². The van der Waals surface area contributed by atoms with Crippen molar-refractivity contribution in [1.29, 1.82) is 0 Å². The standard InChI is InChI=1S/C23H25Cl2N5O2/c1-15-13-28(18-6-7-19(24)20(11-18)32-3)9-10-29(15)21(14-31)30-16(2)22(25)23(27-30)17-5-4-8-26-12-17/h4-8,11-12,14-15,21H,9-10,13H2,1-3H3/t15-,21?/m0/s1. The molecule has 1 aliphatic heterocycles. The highest BCUT2D eigenvalue weighted by Crippen LogP contribution is 2.34. The van der Waals surface area contributed by atoms with Gasteiger partial charge >= 0.3 is 0 Å². The van der Waals surface area contributed by atoms with Crippen molar-refractivity contribution in [3.8, 4) is 17.0 Å². The summed E-state index contributed by atoms with van der Waals surface area (Å²) >= 11 is 12.8. The highest BCUT2D eigenvalue weighted by Gasteiger charge is 2.33. The molecule has 0 bridgehead atoms. The number of rotatable bonds is 6. The predicted octanol–water partition coefficient (Wildman–Crippen LogP) is 4.48. The lowest BCUT2D eigenvalue weighted by atomic mass is 10.1. The maximum absolute atomic E-state index is 12.2. The Hall–Kier alpha value is -2.61. The second-order valence-electron chi connectivity index (χ2n) is 7.84. The number of carbonyl (C=O) groups is 1. The number of hydrogen-bond acceptors (Lipinski definition) is 6. The molecule has 1 fully saturated rings. The monoisotopic (exact) mass is 473 g/mol. The molecule has 9 heteroatoms. The average Bonchev–Trinajstić information content (AvgIpc) is 3.11. The Morgan fingerprint density at radius 2 is 2.06 bits per heavy atom. The first-order chi connectivity index (χ1) is 15.4. The number of carbonyl (C=O) groups excluding carboxylic acids is 1. The molecule has 0 radical (unpaired) electrons. The lowest BCUT2D eigenvalue weighted by Gasteiger charge is -2.43. The zero-order chi connectivity index (χ0) is 22.8. The lowest BCUT2D eigenvalue weighted by molar-refractivity contribution is -0.117. The van der Waals surface area contributed by atoms with Gasteiger partial charge in [0, 0.05) is 55.4 Å². The third-order valence-electron chi connectivity index (χ3n) is 5.90. The Bertz CT molecular complexity index is 1110. The molecule has 2 aromatic heterocycles. The molecule has 1 aliphatic rings. The summed E-state index contributed by atoms with van der Waals surface area (Å²) in [6, 6.07) is 9.62. The van der Waals surface area contributed by atoms with Gasteiger partial charge in [0.2, 0.25) is 0 Å². The van der Waals surface area contributed by atoms with Crippen LogP contribution in [0.5, 0.6) is 5.75 Å². The third kappa shape index (κ3) is 4.20. The van der Waals surface area contributed by atoms with Crippen molar-refractivity contribution in [2.24, 2.45) is 0 Å². The van der Waals surface area contributed by atoms with Crippen LogP contribution in [0.1, 0.15) is 18.8 Å². The van der Waals surface area contributed by atoms with Crippen molar-refractivity contribution in [3.63, 3.8) is 0 Å². The fourth-order valence-corrected chi connectivity index (χ4v) is 4.59. The first kappa shape index (κ1) is 22.6. The van der Waals surface area contributed by atoms with Gasteiger partial charge < -0.3 is 9.64 Å². The molecule has 168 valence electrons. The average molecular weight is 474 g/mol. The molecule has 0 spiro atoms. The summed E-state index contributed by atoms with van der Waals surface area (Å²) in [7, 11) is 1.61. The molecule has 0 saturated carbocycles. The number of ether oxygens (including phenoxy) is 1. The van der Waals surface area contributed by atoms with Gasteiger partial charge in [-0.1, -0.05) is 23.2 Å².